The fourth-order valence-corrected chi connectivity index (χ4v) is 3.80. The van der Waals surface area contributed by atoms with Gasteiger partial charge in [0.15, 0.2) is 11.4 Å². The molecule has 28 heavy (non-hydrogen) atoms. The quantitative estimate of drug-likeness (QED) is 0.579. The van der Waals surface area contributed by atoms with Gasteiger partial charge in [0, 0.05) is 24.1 Å². The molecule has 0 radical (unpaired) electrons. The maximum atomic E-state index is 13.4. The van der Waals surface area contributed by atoms with E-state index in [1.54, 1.807) is 6.07 Å². The van der Waals surface area contributed by atoms with Crippen LogP contribution in [0, 0.1) is 5.82 Å². The summed E-state index contributed by atoms with van der Waals surface area (Å²) in [6.45, 7) is 2.44. The van der Waals surface area contributed by atoms with Crippen molar-refractivity contribution in [3.05, 3.63) is 66.1 Å². The molecular formula is C21H20FN5O. The number of rotatable bonds is 4. The van der Waals surface area contributed by atoms with Crippen LogP contribution in [0.15, 0.2) is 52.9 Å². The lowest BCUT2D eigenvalue weighted by Gasteiger charge is -2.30. The monoisotopic (exact) mass is 377 g/mol. The maximum absolute atomic E-state index is 13.4. The molecule has 3 heterocycles. The molecule has 0 bridgehead atoms. The Morgan fingerprint density at radius 1 is 1.14 bits per heavy atom. The van der Waals surface area contributed by atoms with Gasteiger partial charge in [-0.3, -0.25) is 10.00 Å². The molecule has 1 saturated heterocycles. The van der Waals surface area contributed by atoms with E-state index in [1.807, 2.05) is 30.3 Å². The molecule has 1 fully saturated rings. The topological polar surface area (TPSA) is 70.8 Å². The highest BCUT2D eigenvalue weighted by atomic mass is 19.1. The van der Waals surface area contributed by atoms with Gasteiger partial charge in [0.2, 0.25) is 5.89 Å². The van der Waals surface area contributed by atoms with E-state index in [0.717, 1.165) is 43.1 Å². The van der Waals surface area contributed by atoms with Crippen LogP contribution in [0.2, 0.25) is 0 Å². The van der Waals surface area contributed by atoms with Crippen LogP contribution < -0.4 is 0 Å². The second kappa shape index (κ2) is 7.16. The van der Waals surface area contributed by atoms with E-state index in [-0.39, 0.29) is 5.82 Å². The molecule has 142 valence electrons. The molecule has 1 aliphatic rings. The van der Waals surface area contributed by atoms with Crippen LogP contribution in [0.25, 0.3) is 22.5 Å². The summed E-state index contributed by atoms with van der Waals surface area (Å²) in [5.74, 6) is 2.24. The number of oxazole rings is 1. The molecule has 4 aromatic rings. The third kappa shape index (κ3) is 3.41. The van der Waals surface area contributed by atoms with Crippen LogP contribution in [-0.4, -0.2) is 38.2 Å². The summed E-state index contributed by atoms with van der Waals surface area (Å²) >= 11 is 0. The van der Waals surface area contributed by atoms with E-state index in [1.165, 1.54) is 12.1 Å². The Labute approximate surface area is 161 Å². The van der Waals surface area contributed by atoms with Gasteiger partial charge in [-0.15, -0.1) is 0 Å². The average Bonchev–Trinajstić information content (AvgIpc) is 3.35. The van der Waals surface area contributed by atoms with Crippen LogP contribution in [-0.2, 0) is 6.54 Å². The fourth-order valence-electron chi connectivity index (χ4n) is 3.80. The van der Waals surface area contributed by atoms with Crippen molar-refractivity contribution in [2.45, 2.75) is 25.3 Å². The molecule has 2 aromatic carbocycles. The SMILES string of the molecule is Fc1ccc2nc(CN3CCCC(c4nc(-c5ccccc5)n[nH]4)C3)oc2c1. The number of hydrogen-bond acceptors (Lipinski definition) is 5. The first-order chi connectivity index (χ1) is 13.7. The number of H-pyrrole nitrogens is 1. The van der Waals surface area contributed by atoms with Crippen molar-refractivity contribution in [3.8, 4) is 11.4 Å². The predicted molar refractivity (Wildman–Crippen MR) is 103 cm³/mol. The number of hydrogen-bond donors (Lipinski definition) is 1. The van der Waals surface area contributed by atoms with E-state index in [2.05, 4.69) is 20.1 Å². The first-order valence-corrected chi connectivity index (χ1v) is 9.49. The minimum absolute atomic E-state index is 0.292. The maximum Gasteiger partial charge on any atom is 0.209 e. The Balaban J connectivity index is 1.30. The standard InChI is InChI=1S/C21H20FN5O/c22-16-8-9-17-18(11-16)28-19(23-17)13-27-10-4-7-15(12-27)21-24-20(25-26-21)14-5-2-1-3-6-14/h1-3,5-6,8-9,11,15H,4,7,10,12-13H2,(H,24,25,26). The Bertz CT molecular complexity index is 1090. The zero-order valence-corrected chi connectivity index (χ0v) is 15.3. The number of piperidine rings is 1. The number of fused-ring (bicyclic) bond motifs is 1. The van der Waals surface area contributed by atoms with Crippen LogP contribution in [0.3, 0.4) is 0 Å². The van der Waals surface area contributed by atoms with E-state index in [9.17, 15) is 4.39 Å². The van der Waals surface area contributed by atoms with Crippen LogP contribution >= 0.6 is 0 Å². The molecule has 0 spiro atoms. The van der Waals surface area contributed by atoms with Gasteiger partial charge in [0.25, 0.3) is 0 Å². The van der Waals surface area contributed by atoms with Crippen molar-refractivity contribution >= 4 is 11.1 Å². The number of aromatic amines is 1. The summed E-state index contributed by atoms with van der Waals surface area (Å²) in [6, 6.07) is 14.4. The largest absolute Gasteiger partial charge is 0.439 e. The minimum atomic E-state index is -0.312. The van der Waals surface area contributed by atoms with Crippen molar-refractivity contribution < 1.29 is 8.81 Å². The summed E-state index contributed by atoms with van der Waals surface area (Å²) in [4.78, 5) is 11.5. The second-order valence-corrected chi connectivity index (χ2v) is 7.20. The highest BCUT2D eigenvalue weighted by Gasteiger charge is 2.25. The molecule has 7 heteroatoms. The minimum Gasteiger partial charge on any atom is -0.439 e. The molecule has 1 atom stereocenters. The third-order valence-electron chi connectivity index (χ3n) is 5.18. The summed E-state index contributed by atoms with van der Waals surface area (Å²) in [5, 5.41) is 7.50. The van der Waals surface area contributed by atoms with E-state index in [4.69, 9.17) is 9.40 Å². The molecule has 2 aromatic heterocycles. The van der Waals surface area contributed by atoms with Crippen molar-refractivity contribution in [1.82, 2.24) is 25.1 Å². The number of halogens is 1. The zero-order chi connectivity index (χ0) is 18.9. The van der Waals surface area contributed by atoms with Gasteiger partial charge < -0.3 is 4.42 Å². The highest BCUT2D eigenvalue weighted by Crippen LogP contribution is 2.27. The van der Waals surface area contributed by atoms with Gasteiger partial charge in [0.05, 0.1) is 6.54 Å². The number of nitrogens with one attached hydrogen (secondary N) is 1. The Hall–Kier alpha value is -3.06. The molecular weight excluding hydrogens is 357 g/mol. The molecule has 1 aliphatic heterocycles. The third-order valence-corrected chi connectivity index (χ3v) is 5.18. The van der Waals surface area contributed by atoms with Crippen molar-refractivity contribution in [3.63, 3.8) is 0 Å². The predicted octanol–water partition coefficient (Wildman–Crippen LogP) is 4.13. The van der Waals surface area contributed by atoms with Gasteiger partial charge in [-0.25, -0.2) is 14.4 Å². The fraction of sp³-hybridized carbons (Fsp3) is 0.286. The normalized spacial score (nSPS) is 18.0. The lowest BCUT2D eigenvalue weighted by atomic mass is 9.97. The summed E-state index contributed by atoms with van der Waals surface area (Å²) in [6.07, 6.45) is 2.14. The lowest BCUT2D eigenvalue weighted by Crippen LogP contribution is -2.34. The summed E-state index contributed by atoms with van der Waals surface area (Å²) in [5.41, 5.74) is 2.19. The Morgan fingerprint density at radius 3 is 2.93 bits per heavy atom. The molecule has 0 saturated carbocycles. The number of likely N-dealkylation sites (tertiary alicyclic amines) is 1. The molecule has 1 unspecified atom stereocenters. The molecule has 6 nitrogen and oxygen atoms in total. The van der Waals surface area contributed by atoms with Crippen LogP contribution in [0.5, 0.6) is 0 Å². The van der Waals surface area contributed by atoms with E-state index < -0.39 is 0 Å². The van der Waals surface area contributed by atoms with Gasteiger partial charge in [-0.05, 0) is 31.5 Å². The van der Waals surface area contributed by atoms with E-state index >= 15 is 0 Å². The Kier molecular flexibility index (Phi) is 4.37. The molecule has 1 N–H and O–H groups in total. The molecule has 0 amide bonds. The van der Waals surface area contributed by atoms with Crippen LogP contribution in [0.4, 0.5) is 4.39 Å². The first-order valence-electron chi connectivity index (χ1n) is 9.49. The highest BCUT2D eigenvalue weighted by molar-refractivity contribution is 5.72. The smallest absolute Gasteiger partial charge is 0.209 e. The number of aromatic nitrogens is 4. The van der Waals surface area contributed by atoms with Crippen molar-refractivity contribution in [1.29, 1.82) is 0 Å². The van der Waals surface area contributed by atoms with Gasteiger partial charge in [0.1, 0.15) is 17.2 Å². The average molecular weight is 377 g/mol. The van der Waals surface area contributed by atoms with Crippen LogP contribution in [0.1, 0.15) is 30.5 Å². The summed E-state index contributed by atoms with van der Waals surface area (Å²) in [7, 11) is 0. The van der Waals surface area contributed by atoms with Gasteiger partial charge in [-0.1, -0.05) is 30.3 Å². The summed E-state index contributed by atoms with van der Waals surface area (Å²) < 4.78 is 19.1. The van der Waals surface area contributed by atoms with Crippen molar-refractivity contribution in [2.24, 2.45) is 0 Å². The van der Waals surface area contributed by atoms with Gasteiger partial charge in [-0.2, -0.15) is 5.10 Å². The first kappa shape index (κ1) is 17.1. The molecule has 5 rings (SSSR count). The molecule has 0 aliphatic carbocycles. The number of benzene rings is 2. The Morgan fingerprint density at radius 2 is 2.04 bits per heavy atom. The van der Waals surface area contributed by atoms with Gasteiger partial charge >= 0.3 is 0 Å². The van der Waals surface area contributed by atoms with E-state index in [0.29, 0.717) is 29.5 Å². The zero-order valence-electron chi connectivity index (χ0n) is 15.3. The lowest BCUT2D eigenvalue weighted by molar-refractivity contribution is 0.182. The van der Waals surface area contributed by atoms with Crippen molar-refractivity contribution in [2.75, 3.05) is 13.1 Å². The second-order valence-electron chi connectivity index (χ2n) is 7.20. The number of nitrogens with zero attached hydrogens (tertiary/aromatic N) is 4.